The Morgan fingerprint density at radius 3 is 2.68 bits per heavy atom. The number of fused-ring (bicyclic) bond motifs is 2. The molecule has 6 nitrogen and oxygen atoms in total. The number of hydrogen-bond donors (Lipinski definition) is 1. The molecule has 2 saturated carbocycles. The third-order valence-electron chi connectivity index (χ3n) is 5.87. The van der Waals surface area contributed by atoms with Crippen molar-refractivity contribution in [2.24, 2.45) is 11.8 Å². The van der Waals surface area contributed by atoms with Crippen LogP contribution in [0.1, 0.15) is 38.5 Å². The molecule has 136 valence electrons. The Hall–Kier alpha value is -1.60. The molecule has 1 aromatic rings. The van der Waals surface area contributed by atoms with Gasteiger partial charge in [0.2, 0.25) is 15.9 Å². The monoisotopic (exact) mass is 364 g/mol. The number of ether oxygens (including phenoxy) is 1. The Morgan fingerprint density at radius 2 is 2.08 bits per heavy atom. The highest BCUT2D eigenvalue weighted by atomic mass is 32.2. The van der Waals surface area contributed by atoms with E-state index in [1.165, 1.54) is 13.5 Å². The maximum atomic E-state index is 12.9. The molecule has 1 saturated heterocycles. The van der Waals surface area contributed by atoms with Gasteiger partial charge in [0.1, 0.15) is 5.75 Å². The summed E-state index contributed by atoms with van der Waals surface area (Å²) in [5.74, 6) is 1.67. The Labute approximate surface area is 148 Å². The first-order valence-electron chi connectivity index (χ1n) is 8.98. The van der Waals surface area contributed by atoms with E-state index in [4.69, 9.17) is 4.74 Å². The van der Waals surface area contributed by atoms with Crippen molar-refractivity contribution in [3.8, 4) is 5.75 Å². The van der Waals surface area contributed by atoms with Gasteiger partial charge in [-0.05, 0) is 55.7 Å². The van der Waals surface area contributed by atoms with Gasteiger partial charge < -0.3 is 9.64 Å². The Morgan fingerprint density at radius 1 is 1.24 bits per heavy atom. The third kappa shape index (κ3) is 3.04. The van der Waals surface area contributed by atoms with E-state index in [9.17, 15) is 13.2 Å². The minimum absolute atomic E-state index is 0.00825. The highest BCUT2D eigenvalue weighted by Crippen LogP contribution is 2.45. The molecule has 1 amide bonds. The number of benzene rings is 1. The topological polar surface area (TPSA) is 75.7 Å². The van der Waals surface area contributed by atoms with E-state index in [1.54, 1.807) is 23.1 Å². The van der Waals surface area contributed by atoms with Crippen molar-refractivity contribution < 1.29 is 17.9 Å². The summed E-state index contributed by atoms with van der Waals surface area (Å²) in [6.45, 7) is 0.596. The summed E-state index contributed by atoms with van der Waals surface area (Å²) in [6.07, 6.45) is 5.70. The summed E-state index contributed by atoms with van der Waals surface area (Å²) in [4.78, 5) is 13.9. The summed E-state index contributed by atoms with van der Waals surface area (Å²) >= 11 is 0. The van der Waals surface area contributed by atoms with E-state index in [0.717, 1.165) is 25.7 Å². The number of hydrogen-bond acceptors (Lipinski definition) is 4. The minimum atomic E-state index is -3.60. The normalized spacial score (nSPS) is 28.8. The zero-order valence-electron chi connectivity index (χ0n) is 14.4. The predicted octanol–water partition coefficient (Wildman–Crippen LogP) is 2.29. The van der Waals surface area contributed by atoms with Crippen LogP contribution in [0.2, 0.25) is 0 Å². The lowest BCUT2D eigenvalue weighted by atomic mass is 9.96. The fourth-order valence-electron chi connectivity index (χ4n) is 4.61. The smallest absolute Gasteiger partial charge is 0.240 e. The van der Waals surface area contributed by atoms with Crippen LogP contribution in [0.25, 0.3) is 0 Å². The van der Waals surface area contributed by atoms with Gasteiger partial charge in [-0.2, -0.15) is 0 Å². The Bertz CT molecular complexity index is 792. The summed E-state index contributed by atoms with van der Waals surface area (Å²) < 4.78 is 34.0. The van der Waals surface area contributed by atoms with Gasteiger partial charge in [0.25, 0.3) is 0 Å². The zero-order valence-corrected chi connectivity index (χ0v) is 15.2. The molecule has 1 aliphatic heterocycles. The van der Waals surface area contributed by atoms with Gasteiger partial charge in [-0.3, -0.25) is 4.79 Å². The predicted molar refractivity (Wildman–Crippen MR) is 94.1 cm³/mol. The zero-order chi connectivity index (χ0) is 17.6. The van der Waals surface area contributed by atoms with Crippen LogP contribution in [0.5, 0.6) is 5.75 Å². The molecule has 1 heterocycles. The van der Waals surface area contributed by atoms with Crippen LogP contribution >= 0.6 is 0 Å². The Kier molecular flexibility index (Phi) is 4.24. The van der Waals surface area contributed by atoms with E-state index >= 15 is 0 Å². The number of rotatable bonds is 5. The van der Waals surface area contributed by atoms with Crippen molar-refractivity contribution >= 4 is 21.6 Å². The number of amides is 1. The van der Waals surface area contributed by atoms with Gasteiger partial charge >= 0.3 is 0 Å². The number of methoxy groups -OCH3 is 1. The number of sulfonamides is 1. The molecule has 1 aromatic carbocycles. The van der Waals surface area contributed by atoms with E-state index in [2.05, 4.69) is 4.72 Å². The first kappa shape index (κ1) is 16.8. The van der Waals surface area contributed by atoms with Crippen LogP contribution in [-0.2, 0) is 14.8 Å². The molecule has 25 heavy (non-hydrogen) atoms. The molecule has 7 heteroatoms. The quantitative estimate of drug-likeness (QED) is 0.870. The third-order valence-corrected chi connectivity index (χ3v) is 7.36. The minimum Gasteiger partial charge on any atom is -0.495 e. The number of anilines is 1. The largest absolute Gasteiger partial charge is 0.495 e. The second kappa shape index (κ2) is 6.29. The molecule has 3 fully saturated rings. The van der Waals surface area contributed by atoms with Gasteiger partial charge in [0, 0.05) is 19.0 Å². The Balaban J connectivity index is 1.62. The van der Waals surface area contributed by atoms with Crippen molar-refractivity contribution in [1.29, 1.82) is 0 Å². The molecule has 4 rings (SSSR count). The van der Waals surface area contributed by atoms with Crippen LogP contribution in [0, 0.1) is 11.8 Å². The van der Waals surface area contributed by atoms with Gasteiger partial charge in [-0.1, -0.05) is 6.42 Å². The van der Waals surface area contributed by atoms with Gasteiger partial charge in [-0.25, -0.2) is 13.1 Å². The molecule has 0 aromatic heterocycles. The van der Waals surface area contributed by atoms with Crippen LogP contribution in [0.4, 0.5) is 5.69 Å². The SMILES string of the molecule is COc1ccc(S(=O)(=O)N[C@H]2C[C@H]3CC[C@@H]2C3)cc1N1CCCC1=O. The van der Waals surface area contributed by atoms with Crippen LogP contribution in [0.3, 0.4) is 0 Å². The van der Waals surface area contributed by atoms with Crippen LogP contribution < -0.4 is 14.4 Å². The molecular formula is C18H24N2O4S. The number of carbonyl (C=O) groups excluding carboxylic acids is 1. The fraction of sp³-hybridized carbons (Fsp3) is 0.611. The van der Waals surface area contributed by atoms with Crippen molar-refractivity contribution in [2.45, 2.75) is 49.5 Å². The molecule has 1 N–H and O–H groups in total. The van der Waals surface area contributed by atoms with Crippen molar-refractivity contribution in [1.82, 2.24) is 4.72 Å². The lowest BCUT2D eigenvalue weighted by Gasteiger charge is -2.24. The van der Waals surface area contributed by atoms with Gasteiger partial charge in [0.15, 0.2) is 0 Å². The molecular weight excluding hydrogens is 340 g/mol. The van der Waals surface area contributed by atoms with Crippen molar-refractivity contribution in [3.63, 3.8) is 0 Å². The fourth-order valence-corrected chi connectivity index (χ4v) is 5.94. The lowest BCUT2D eigenvalue weighted by Crippen LogP contribution is -2.38. The summed E-state index contributed by atoms with van der Waals surface area (Å²) in [5, 5.41) is 0. The molecule has 2 aliphatic carbocycles. The van der Waals surface area contributed by atoms with E-state index in [-0.39, 0.29) is 16.8 Å². The summed E-state index contributed by atoms with van der Waals surface area (Å²) in [5.41, 5.74) is 0.542. The van der Waals surface area contributed by atoms with Crippen molar-refractivity contribution in [3.05, 3.63) is 18.2 Å². The maximum Gasteiger partial charge on any atom is 0.240 e. The molecule has 3 atom stereocenters. The summed E-state index contributed by atoms with van der Waals surface area (Å²) in [6, 6.07) is 4.80. The molecule has 0 spiro atoms. The maximum absolute atomic E-state index is 12.9. The molecule has 3 aliphatic rings. The molecule has 0 unspecified atom stereocenters. The highest BCUT2D eigenvalue weighted by Gasteiger charge is 2.41. The second-order valence-corrected chi connectivity index (χ2v) is 9.10. The number of nitrogens with zero attached hydrogens (tertiary/aromatic N) is 1. The highest BCUT2D eigenvalue weighted by molar-refractivity contribution is 7.89. The second-order valence-electron chi connectivity index (χ2n) is 7.39. The van der Waals surface area contributed by atoms with E-state index < -0.39 is 10.0 Å². The van der Waals surface area contributed by atoms with Crippen LogP contribution in [-0.4, -0.2) is 34.0 Å². The standard InChI is InChI=1S/C18H24N2O4S/c1-24-17-7-6-14(11-16(17)20-8-2-3-18(20)21)25(22,23)19-15-10-12-4-5-13(15)9-12/h6-7,11-13,15,19H,2-5,8-10H2,1H3/t12-,13+,15-/m0/s1. The first-order valence-corrected chi connectivity index (χ1v) is 10.5. The van der Waals surface area contributed by atoms with E-state index in [1.807, 2.05) is 0 Å². The molecule has 2 bridgehead atoms. The lowest BCUT2D eigenvalue weighted by molar-refractivity contribution is -0.117. The van der Waals surface area contributed by atoms with Gasteiger partial charge in [-0.15, -0.1) is 0 Å². The molecule has 0 radical (unpaired) electrons. The average molecular weight is 364 g/mol. The van der Waals surface area contributed by atoms with E-state index in [0.29, 0.717) is 36.2 Å². The average Bonchev–Trinajstić information content (AvgIpc) is 3.30. The van der Waals surface area contributed by atoms with Gasteiger partial charge in [0.05, 0.1) is 17.7 Å². The number of carbonyl (C=O) groups is 1. The summed E-state index contributed by atoms with van der Waals surface area (Å²) in [7, 11) is -2.08. The van der Waals surface area contributed by atoms with Crippen LogP contribution in [0.15, 0.2) is 23.1 Å². The number of nitrogens with one attached hydrogen (secondary N) is 1. The first-order chi connectivity index (χ1) is 12.0. The van der Waals surface area contributed by atoms with Crippen molar-refractivity contribution in [2.75, 3.05) is 18.6 Å².